The van der Waals surface area contributed by atoms with Crippen LogP contribution in [0.5, 0.6) is 0 Å². The third kappa shape index (κ3) is 4.15. The van der Waals surface area contributed by atoms with E-state index in [1.54, 1.807) is 25.6 Å². The molecule has 0 aliphatic carbocycles. The number of nitrogens with zero attached hydrogens (tertiary/aromatic N) is 2. The second-order valence-corrected chi connectivity index (χ2v) is 6.37. The number of nitrogens with one attached hydrogen (secondary N) is 1. The van der Waals surface area contributed by atoms with E-state index in [-0.39, 0.29) is 0 Å². The van der Waals surface area contributed by atoms with Crippen LogP contribution in [-0.2, 0) is 22.6 Å². The molecular weight excluding hydrogens is 274 g/mol. The summed E-state index contributed by atoms with van der Waals surface area (Å²) < 4.78 is 10.3. The van der Waals surface area contributed by atoms with E-state index < -0.39 is 0 Å². The first-order valence-corrected chi connectivity index (χ1v) is 7.98. The second-order valence-electron chi connectivity index (χ2n) is 5.31. The van der Waals surface area contributed by atoms with Crippen LogP contribution in [0.15, 0.2) is 0 Å². The van der Waals surface area contributed by atoms with Crippen LogP contribution in [-0.4, -0.2) is 45.4 Å². The summed E-state index contributed by atoms with van der Waals surface area (Å²) in [6, 6.07) is 0. The fourth-order valence-corrected chi connectivity index (χ4v) is 3.45. The van der Waals surface area contributed by atoms with Gasteiger partial charge in [0.2, 0.25) is 0 Å². The van der Waals surface area contributed by atoms with Gasteiger partial charge in [-0.15, -0.1) is 11.3 Å². The summed E-state index contributed by atoms with van der Waals surface area (Å²) in [5, 5.41) is 4.53. The van der Waals surface area contributed by atoms with Crippen LogP contribution >= 0.6 is 11.3 Å². The average Bonchev–Trinajstić information content (AvgIpc) is 3.02. The summed E-state index contributed by atoms with van der Waals surface area (Å²) in [5.41, 5.74) is 1.07. The maximum absolute atomic E-state index is 5.27. The Balaban J connectivity index is 1.99. The molecule has 1 aromatic heterocycles. The Morgan fingerprint density at radius 3 is 2.90 bits per heavy atom. The highest BCUT2D eigenvalue weighted by atomic mass is 32.1. The van der Waals surface area contributed by atoms with Crippen LogP contribution in [0.2, 0.25) is 0 Å². The molecule has 6 heteroatoms. The molecule has 20 heavy (non-hydrogen) atoms. The Kier molecular flexibility index (Phi) is 6.22. The highest BCUT2D eigenvalue weighted by Gasteiger charge is 2.23. The van der Waals surface area contributed by atoms with Crippen molar-refractivity contribution in [3.63, 3.8) is 0 Å². The van der Waals surface area contributed by atoms with Gasteiger partial charge < -0.3 is 19.7 Å². The molecule has 0 radical (unpaired) electrons. The van der Waals surface area contributed by atoms with Gasteiger partial charge in [-0.3, -0.25) is 0 Å². The normalized spacial score (nSPS) is 18.9. The Labute approximate surface area is 125 Å². The van der Waals surface area contributed by atoms with Gasteiger partial charge in [0.25, 0.3) is 0 Å². The van der Waals surface area contributed by atoms with E-state index >= 15 is 0 Å². The van der Waals surface area contributed by atoms with E-state index in [1.807, 2.05) is 0 Å². The van der Waals surface area contributed by atoms with Crippen molar-refractivity contribution in [2.75, 3.05) is 45.4 Å². The van der Waals surface area contributed by atoms with E-state index in [0.717, 1.165) is 49.5 Å². The van der Waals surface area contributed by atoms with E-state index in [2.05, 4.69) is 17.1 Å². The van der Waals surface area contributed by atoms with E-state index in [0.29, 0.717) is 6.61 Å². The van der Waals surface area contributed by atoms with Gasteiger partial charge in [-0.2, -0.15) is 0 Å². The number of hydrogen-bond donors (Lipinski definition) is 1. The summed E-state index contributed by atoms with van der Waals surface area (Å²) in [7, 11) is 3.44. The van der Waals surface area contributed by atoms with Gasteiger partial charge in [-0.25, -0.2) is 4.98 Å². The lowest BCUT2D eigenvalue weighted by molar-refractivity contribution is 0.181. The maximum Gasteiger partial charge on any atom is 0.185 e. The lowest BCUT2D eigenvalue weighted by atomic mass is 10.2. The van der Waals surface area contributed by atoms with Gasteiger partial charge >= 0.3 is 0 Å². The maximum atomic E-state index is 5.27. The van der Waals surface area contributed by atoms with Crippen LogP contribution in [0.3, 0.4) is 0 Å². The molecule has 1 N–H and O–H groups in total. The zero-order valence-corrected chi connectivity index (χ0v) is 13.5. The fraction of sp³-hybridized carbons (Fsp3) is 0.786. The third-order valence-electron chi connectivity index (χ3n) is 3.51. The molecule has 1 fully saturated rings. The molecule has 0 aromatic carbocycles. The lowest BCUT2D eigenvalue weighted by Crippen LogP contribution is -2.18. The van der Waals surface area contributed by atoms with Crippen molar-refractivity contribution in [3.8, 4) is 0 Å². The first-order valence-electron chi connectivity index (χ1n) is 7.16. The van der Waals surface area contributed by atoms with Crippen molar-refractivity contribution in [3.05, 3.63) is 10.6 Å². The molecule has 1 aliphatic rings. The van der Waals surface area contributed by atoms with Crippen molar-refractivity contribution >= 4 is 16.5 Å². The number of thiazole rings is 1. The lowest BCUT2D eigenvalue weighted by Gasteiger charge is -2.13. The predicted molar refractivity (Wildman–Crippen MR) is 82.4 cm³/mol. The number of rotatable bonds is 8. The standard InChI is InChI=1S/C14H25N3O2S/c1-11-4-6-17(9-11)14-16-12(10-19-3)13(20-14)8-15-5-7-18-2/h11,15H,4-10H2,1-3H3. The van der Waals surface area contributed by atoms with Crippen LogP contribution in [0.1, 0.15) is 23.9 Å². The van der Waals surface area contributed by atoms with Crippen molar-refractivity contribution in [1.82, 2.24) is 10.3 Å². The number of anilines is 1. The quantitative estimate of drug-likeness (QED) is 0.743. The van der Waals surface area contributed by atoms with Gasteiger partial charge in [0, 0.05) is 45.3 Å². The number of aromatic nitrogens is 1. The van der Waals surface area contributed by atoms with Gasteiger partial charge in [0.1, 0.15) is 0 Å². The molecule has 1 unspecified atom stereocenters. The summed E-state index contributed by atoms with van der Waals surface area (Å²) in [4.78, 5) is 8.43. The zero-order valence-electron chi connectivity index (χ0n) is 12.6. The molecule has 1 aromatic rings. The third-order valence-corrected chi connectivity index (χ3v) is 4.67. The summed E-state index contributed by atoms with van der Waals surface area (Å²) in [6.07, 6.45) is 1.26. The van der Waals surface area contributed by atoms with Crippen LogP contribution < -0.4 is 10.2 Å². The SMILES string of the molecule is COCCNCc1sc(N2CCC(C)C2)nc1COC. The number of methoxy groups -OCH3 is 2. The molecule has 2 heterocycles. The van der Waals surface area contributed by atoms with Crippen molar-refractivity contribution < 1.29 is 9.47 Å². The number of hydrogen-bond acceptors (Lipinski definition) is 6. The topological polar surface area (TPSA) is 46.6 Å². The largest absolute Gasteiger partial charge is 0.383 e. The smallest absolute Gasteiger partial charge is 0.185 e. The minimum Gasteiger partial charge on any atom is -0.383 e. The fourth-order valence-electron chi connectivity index (χ4n) is 2.38. The monoisotopic (exact) mass is 299 g/mol. The van der Waals surface area contributed by atoms with Crippen molar-refractivity contribution in [2.45, 2.75) is 26.5 Å². The molecule has 5 nitrogen and oxygen atoms in total. The summed E-state index contributed by atoms with van der Waals surface area (Å²) in [6.45, 7) is 7.56. The first kappa shape index (κ1) is 15.7. The van der Waals surface area contributed by atoms with Gasteiger partial charge in [0.05, 0.1) is 18.9 Å². The molecule has 2 rings (SSSR count). The number of ether oxygens (including phenoxy) is 2. The minimum absolute atomic E-state index is 0.585. The molecule has 0 bridgehead atoms. The minimum atomic E-state index is 0.585. The average molecular weight is 299 g/mol. The van der Waals surface area contributed by atoms with Crippen LogP contribution in [0.25, 0.3) is 0 Å². The highest BCUT2D eigenvalue weighted by molar-refractivity contribution is 7.15. The van der Waals surface area contributed by atoms with Gasteiger partial charge in [0.15, 0.2) is 5.13 Å². The first-order chi connectivity index (χ1) is 9.74. The van der Waals surface area contributed by atoms with Gasteiger partial charge in [-0.1, -0.05) is 6.92 Å². The molecule has 0 amide bonds. The Hall–Kier alpha value is -0.690. The van der Waals surface area contributed by atoms with E-state index in [9.17, 15) is 0 Å². The molecule has 0 spiro atoms. The molecule has 0 saturated carbocycles. The molecule has 1 saturated heterocycles. The molecule has 1 atom stereocenters. The highest BCUT2D eigenvalue weighted by Crippen LogP contribution is 2.30. The van der Waals surface area contributed by atoms with Gasteiger partial charge in [-0.05, 0) is 12.3 Å². The second kappa shape index (κ2) is 7.93. The van der Waals surface area contributed by atoms with E-state index in [4.69, 9.17) is 14.5 Å². The molecule has 114 valence electrons. The Morgan fingerprint density at radius 1 is 1.40 bits per heavy atom. The van der Waals surface area contributed by atoms with Crippen LogP contribution in [0, 0.1) is 5.92 Å². The molecule has 1 aliphatic heterocycles. The molecular formula is C14H25N3O2S. The van der Waals surface area contributed by atoms with Crippen molar-refractivity contribution in [2.24, 2.45) is 5.92 Å². The summed E-state index contributed by atoms with van der Waals surface area (Å²) >= 11 is 1.79. The Morgan fingerprint density at radius 2 is 2.25 bits per heavy atom. The summed E-state index contributed by atoms with van der Waals surface area (Å²) in [5.74, 6) is 0.771. The van der Waals surface area contributed by atoms with Crippen molar-refractivity contribution in [1.29, 1.82) is 0 Å². The van der Waals surface area contributed by atoms with Crippen LogP contribution in [0.4, 0.5) is 5.13 Å². The Bertz CT molecular complexity index is 411. The van der Waals surface area contributed by atoms with E-state index in [1.165, 1.54) is 11.3 Å². The zero-order chi connectivity index (χ0) is 14.4. The predicted octanol–water partition coefficient (Wildman–Crippen LogP) is 1.87.